The molecule has 2 aliphatic carbocycles. The Kier molecular flexibility index (Phi) is 4.85. The predicted molar refractivity (Wildman–Crippen MR) is 77.9 cm³/mol. The second-order valence-electron chi connectivity index (χ2n) is 6.40. The van der Waals surface area contributed by atoms with E-state index in [4.69, 9.17) is 5.73 Å². The van der Waals surface area contributed by atoms with Crippen molar-refractivity contribution in [2.24, 2.45) is 5.73 Å². The third-order valence-electron chi connectivity index (χ3n) is 5.42. The maximum Gasteiger partial charge on any atom is 0.237 e. The Labute approximate surface area is 117 Å². The molecule has 0 aliphatic heterocycles. The average Bonchev–Trinajstić information content (AvgIpc) is 2.67. The molecule has 0 heterocycles. The lowest BCUT2D eigenvalue weighted by Crippen LogP contribution is -2.53. The number of likely N-dealkylation sites (N-methyl/N-ethyl adjacent to an activating group) is 1. The second kappa shape index (κ2) is 6.23. The fourth-order valence-electron chi connectivity index (χ4n) is 3.90. The molecule has 0 spiro atoms. The Morgan fingerprint density at radius 1 is 1.16 bits per heavy atom. The molecule has 2 aliphatic rings. The highest BCUT2D eigenvalue weighted by Gasteiger charge is 2.44. The van der Waals surface area contributed by atoms with Crippen LogP contribution in [0.4, 0.5) is 0 Å². The monoisotopic (exact) mass is 267 g/mol. The number of nitrogens with two attached hydrogens (primary N) is 1. The van der Waals surface area contributed by atoms with Crippen molar-refractivity contribution in [1.82, 2.24) is 10.2 Å². The predicted octanol–water partition coefficient (Wildman–Crippen LogP) is 1.64. The Bertz CT molecular complexity index is 313. The summed E-state index contributed by atoms with van der Waals surface area (Å²) in [7, 11) is 4.10. The van der Waals surface area contributed by atoms with E-state index < -0.39 is 5.54 Å². The number of carbonyl (C=O) groups excluding carboxylic acids is 1. The van der Waals surface area contributed by atoms with Gasteiger partial charge in [0.2, 0.25) is 5.91 Å². The van der Waals surface area contributed by atoms with Crippen molar-refractivity contribution in [2.45, 2.75) is 75.4 Å². The highest BCUT2D eigenvalue weighted by Crippen LogP contribution is 2.35. The molecule has 0 radical (unpaired) electrons. The van der Waals surface area contributed by atoms with Crippen LogP contribution in [0, 0.1) is 0 Å². The van der Waals surface area contributed by atoms with Crippen LogP contribution in [0.1, 0.15) is 57.8 Å². The molecule has 2 atom stereocenters. The first-order chi connectivity index (χ1) is 9.09. The number of hydrogen-bond donors (Lipinski definition) is 2. The SMILES string of the molecule is CNC1(C(N)=O)CCC(N(C)C2CCCCCC2)C1. The van der Waals surface area contributed by atoms with Crippen LogP contribution >= 0.6 is 0 Å². The zero-order chi connectivity index (χ0) is 13.9. The summed E-state index contributed by atoms with van der Waals surface area (Å²) in [5, 5.41) is 3.18. The molecule has 0 aromatic rings. The van der Waals surface area contributed by atoms with Gasteiger partial charge in [0.15, 0.2) is 0 Å². The molecule has 4 heteroatoms. The van der Waals surface area contributed by atoms with Crippen LogP contribution in [0.25, 0.3) is 0 Å². The fourth-order valence-corrected chi connectivity index (χ4v) is 3.90. The molecular weight excluding hydrogens is 238 g/mol. The van der Waals surface area contributed by atoms with Gasteiger partial charge in [0.05, 0.1) is 5.54 Å². The van der Waals surface area contributed by atoms with Gasteiger partial charge < -0.3 is 16.0 Å². The molecule has 4 nitrogen and oxygen atoms in total. The highest BCUT2D eigenvalue weighted by molar-refractivity contribution is 5.85. The first-order valence-electron chi connectivity index (χ1n) is 7.80. The topological polar surface area (TPSA) is 58.4 Å². The Morgan fingerprint density at radius 3 is 2.26 bits per heavy atom. The van der Waals surface area contributed by atoms with Crippen LogP contribution in [0.2, 0.25) is 0 Å². The molecule has 2 saturated carbocycles. The summed E-state index contributed by atoms with van der Waals surface area (Å²) in [6, 6.07) is 1.20. The summed E-state index contributed by atoms with van der Waals surface area (Å²) >= 11 is 0. The summed E-state index contributed by atoms with van der Waals surface area (Å²) in [6.45, 7) is 0. The number of nitrogens with one attached hydrogen (secondary N) is 1. The number of carbonyl (C=O) groups is 1. The normalized spacial score (nSPS) is 33.5. The number of amides is 1. The maximum atomic E-state index is 11.7. The van der Waals surface area contributed by atoms with Crippen molar-refractivity contribution in [3.05, 3.63) is 0 Å². The minimum Gasteiger partial charge on any atom is -0.368 e. The molecule has 0 aromatic heterocycles. The number of rotatable bonds is 4. The van der Waals surface area contributed by atoms with E-state index in [1.54, 1.807) is 0 Å². The molecule has 0 saturated heterocycles. The van der Waals surface area contributed by atoms with Gasteiger partial charge >= 0.3 is 0 Å². The molecule has 110 valence electrons. The van der Waals surface area contributed by atoms with E-state index in [1.807, 2.05) is 7.05 Å². The van der Waals surface area contributed by atoms with E-state index in [0.29, 0.717) is 12.1 Å². The van der Waals surface area contributed by atoms with Crippen molar-refractivity contribution in [3.63, 3.8) is 0 Å². The fraction of sp³-hybridized carbons (Fsp3) is 0.933. The van der Waals surface area contributed by atoms with Crippen molar-refractivity contribution in [1.29, 1.82) is 0 Å². The molecule has 0 aromatic carbocycles. The summed E-state index contributed by atoms with van der Waals surface area (Å²) in [4.78, 5) is 14.2. The minimum atomic E-state index is -0.469. The molecule has 2 fully saturated rings. The minimum absolute atomic E-state index is 0.188. The van der Waals surface area contributed by atoms with Crippen LogP contribution in [0.5, 0.6) is 0 Å². The van der Waals surface area contributed by atoms with Gasteiger partial charge in [0.1, 0.15) is 0 Å². The van der Waals surface area contributed by atoms with Gasteiger partial charge in [-0.3, -0.25) is 4.79 Å². The molecule has 1 amide bonds. The third kappa shape index (κ3) is 3.11. The van der Waals surface area contributed by atoms with Gasteiger partial charge in [-0.05, 0) is 46.2 Å². The number of nitrogens with zero attached hydrogens (tertiary/aromatic N) is 1. The molecule has 2 rings (SSSR count). The third-order valence-corrected chi connectivity index (χ3v) is 5.42. The van der Waals surface area contributed by atoms with Gasteiger partial charge in [-0.2, -0.15) is 0 Å². The standard InChI is InChI=1S/C15H29N3O/c1-17-15(14(16)19)10-9-13(11-15)18(2)12-7-5-3-4-6-8-12/h12-13,17H,3-11H2,1-2H3,(H2,16,19). The van der Waals surface area contributed by atoms with Gasteiger partial charge in [-0.15, -0.1) is 0 Å². The second-order valence-corrected chi connectivity index (χ2v) is 6.40. The Morgan fingerprint density at radius 2 is 1.79 bits per heavy atom. The van der Waals surface area contributed by atoms with Crippen molar-refractivity contribution >= 4 is 5.91 Å². The molecule has 0 bridgehead atoms. The zero-order valence-corrected chi connectivity index (χ0v) is 12.5. The summed E-state index contributed by atoms with van der Waals surface area (Å²) in [5.41, 5.74) is 5.12. The van der Waals surface area contributed by atoms with E-state index in [1.165, 1.54) is 38.5 Å². The molecule has 19 heavy (non-hydrogen) atoms. The highest BCUT2D eigenvalue weighted by atomic mass is 16.1. The average molecular weight is 267 g/mol. The lowest BCUT2D eigenvalue weighted by Gasteiger charge is -2.34. The van der Waals surface area contributed by atoms with Gasteiger partial charge in [-0.1, -0.05) is 25.7 Å². The van der Waals surface area contributed by atoms with E-state index in [0.717, 1.165) is 19.3 Å². The molecule has 2 unspecified atom stereocenters. The van der Waals surface area contributed by atoms with Crippen molar-refractivity contribution in [3.8, 4) is 0 Å². The first-order valence-corrected chi connectivity index (χ1v) is 7.80. The van der Waals surface area contributed by atoms with Gasteiger partial charge in [-0.25, -0.2) is 0 Å². The first kappa shape index (κ1) is 14.8. The van der Waals surface area contributed by atoms with E-state index in [9.17, 15) is 4.79 Å². The number of primary amides is 1. The summed E-state index contributed by atoms with van der Waals surface area (Å²) < 4.78 is 0. The summed E-state index contributed by atoms with van der Waals surface area (Å²) in [6.07, 6.45) is 10.9. The number of hydrogen-bond acceptors (Lipinski definition) is 3. The maximum absolute atomic E-state index is 11.7. The van der Waals surface area contributed by atoms with Gasteiger partial charge in [0, 0.05) is 12.1 Å². The van der Waals surface area contributed by atoms with Crippen molar-refractivity contribution in [2.75, 3.05) is 14.1 Å². The van der Waals surface area contributed by atoms with E-state index in [-0.39, 0.29) is 5.91 Å². The Balaban J connectivity index is 1.97. The van der Waals surface area contributed by atoms with E-state index >= 15 is 0 Å². The molecular formula is C15H29N3O. The van der Waals surface area contributed by atoms with Crippen molar-refractivity contribution < 1.29 is 4.79 Å². The largest absolute Gasteiger partial charge is 0.368 e. The van der Waals surface area contributed by atoms with Crippen LogP contribution in [0.3, 0.4) is 0 Å². The van der Waals surface area contributed by atoms with E-state index in [2.05, 4.69) is 17.3 Å². The quantitative estimate of drug-likeness (QED) is 0.761. The zero-order valence-electron chi connectivity index (χ0n) is 12.5. The van der Waals surface area contributed by atoms with Crippen LogP contribution < -0.4 is 11.1 Å². The summed E-state index contributed by atoms with van der Waals surface area (Å²) in [5.74, 6) is -0.188. The molecule has 3 N–H and O–H groups in total. The Hall–Kier alpha value is -0.610. The smallest absolute Gasteiger partial charge is 0.237 e. The van der Waals surface area contributed by atoms with Gasteiger partial charge in [0.25, 0.3) is 0 Å². The van der Waals surface area contributed by atoms with Crippen LogP contribution in [-0.4, -0.2) is 42.5 Å². The lowest BCUT2D eigenvalue weighted by atomic mass is 9.96. The lowest BCUT2D eigenvalue weighted by molar-refractivity contribution is -0.124. The van der Waals surface area contributed by atoms with Crippen LogP contribution in [0.15, 0.2) is 0 Å². The van der Waals surface area contributed by atoms with Crippen LogP contribution in [-0.2, 0) is 4.79 Å².